The lowest BCUT2D eigenvalue weighted by molar-refractivity contribution is 0.146. The highest BCUT2D eigenvalue weighted by Gasteiger charge is 1.97. The molecule has 0 heterocycles. The molecule has 0 atom stereocenters. The van der Waals surface area contributed by atoms with E-state index in [0.29, 0.717) is 32.2 Å². The van der Waals surface area contributed by atoms with Crippen molar-refractivity contribution in [2.45, 2.75) is 67.2 Å². The lowest BCUT2D eigenvalue weighted by Gasteiger charge is -2.08. The highest BCUT2D eigenvalue weighted by molar-refractivity contribution is 5.29. The van der Waals surface area contributed by atoms with Gasteiger partial charge in [0.25, 0.3) is 0 Å². The second-order valence-electron chi connectivity index (χ2n) is 11.9. The van der Waals surface area contributed by atoms with Gasteiger partial charge in [0, 0.05) is 13.5 Å². The van der Waals surface area contributed by atoms with Crippen molar-refractivity contribution < 1.29 is 24.1 Å². The zero-order valence-corrected chi connectivity index (χ0v) is 31.3. The van der Waals surface area contributed by atoms with Crippen LogP contribution in [0.5, 0.6) is 23.0 Å². The molecule has 0 amide bonds. The first kappa shape index (κ1) is 41.4. The first-order chi connectivity index (χ1) is 24.3. The Balaban J connectivity index is 0.000000248. The van der Waals surface area contributed by atoms with E-state index in [1.165, 1.54) is 33.4 Å². The van der Waals surface area contributed by atoms with E-state index in [-0.39, 0.29) is 0 Å². The molecule has 0 aromatic heterocycles. The molecule has 0 saturated heterocycles. The standard InChI is InChI=1S/C18H22O2.C11H16O2.C9H12.C7H8O/c1-3-16-7-11-18(12-8-16)20-14-4-13-19-17-9-5-15(2)6-10-17;1-3-10-4-6-11(7-5-10)13-9-8-12-2;1-3-9-6-4-8(2)5-7-9;1-6-2-4-7(8)5-3-6/h5-12H,3-4,13-14H2,1-2H3;4-7H,3,8-9H2,1-2H3;4-7H,3H2,1-2H3;2-5,8H,1H3. The van der Waals surface area contributed by atoms with Crippen molar-refractivity contribution in [3.63, 3.8) is 0 Å². The predicted molar refractivity (Wildman–Crippen MR) is 209 cm³/mol. The number of phenols is 1. The molecular formula is C45H58O5. The van der Waals surface area contributed by atoms with Crippen molar-refractivity contribution in [3.05, 3.63) is 155 Å². The van der Waals surface area contributed by atoms with Gasteiger partial charge < -0.3 is 24.1 Å². The molecule has 5 heteroatoms. The van der Waals surface area contributed by atoms with E-state index >= 15 is 0 Å². The third-order valence-electron chi connectivity index (χ3n) is 7.63. The number of benzene rings is 5. The van der Waals surface area contributed by atoms with E-state index in [2.05, 4.69) is 95.3 Å². The largest absolute Gasteiger partial charge is 0.508 e. The maximum absolute atomic E-state index is 8.76. The summed E-state index contributed by atoms with van der Waals surface area (Å²) < 4.78 is 21.6. The Labute approximate surface area is 301 Å². The zero-order valence-electron chi connectivity index (χ0n) is 31.3. The second kappa shape index (κ2) is 25.3. The summed E-state index contributed by atoms with van der Waals surface area (Å²) in [7, 11) is 1.67. The zero-order chi connectivity index (χ0) is 36.4. The molecule has 0 fully saturated rings. The minimum absolute atomic E-state index is 0.329. The SMILES string of the molecule is CCc1ccc(C)cc1.CCc1ccc(OCCCOc2ccc(C)cc2)cc1.CCc1ccc(OCCOC)cc1.Cc1ccc(O)cc1. The second-order valence-corrected chi connectivity index (χ2v) is 11.9. The van der Waals surface area contributed by atoms with Crippen LogP contribution in [-0.4, -0.2) is 38.6 Å². The maximum atomic E-state index is 8.76. The molecule has 0 radical (unpaired) electrons. The summed E-state index contributed by atoms with van der Waals surface area (Å²) in [5.41, 5.74) is 7.84. The van der Waals surface area contributed by atoms with Crippen LogP contribution in [0.3, 0.4) is 0 Å². The smallest absolute Gasteiger partial charge is 0.119 e. The molecule has 5 nitrogen and oxygen atoms in total. The summed E-state index contributed by atoms with van der Waals surface area (Å²) in [6.45, 7) is 15.2. The van der Waals surface area contributed by atoms with Crippen LogP contribution in [0.2, 0.25) is 0 Å². The summed E-state index contributed by atoms with van der Waals surface area (Å²) in [6.07, 6.45) is 4.15. The van der Waals surface area contributed by atoms with E-state index in [4.69, 9.17) is 24.1 Å². The van der Waals surface area contributed by atoms with E-state index < -0.39 is 0 Å². The molecular weight excluding hydrogens is 620 g/mol. The van der Waals surface area contributed by atoms with Crippen LogP contribution in [0.4, 0.5) is 0 Å². The molecule has 0 unspecified atom stereocenters. The Kier molecular flexibility index (Phi) is 20.9. The normalized spacial score (nSPS) is 9.90. The van der Waals surface area contributed by atoms with Gasteiger partial charge in [0.1, 0.15) is 29.6 Å². The third kappa shape index (κ3) is 18.7. The number of hydrogen-bond donors (Lipinski definition) is 1. The number of ether oxygens (including phenoxy) is 4. The van der Waals surface area contributed by atoms with Gasteiger partial charge in [-0.05, 0) is 105 Å². The molecule has 0 bridgehead atoms. The van der Waals surface area contributed by atoms with Crippen molar-refractivity contribution >= 4 is 0 Å². The fourth-order valence-corrected chi connectivity index (χ4v) is 4.33. The average molecular weight is 679 g/mol. The average Bonchev–Trinajstić information content (AvgIpc) is 3.15. The summed E-state index contributed by atoms with van der Waals surface area (Å²) in [6, 6.07) is 40.3. The topological polar surface area (TPSA) is 57.2 Å². The summed E-state index contributed by atoms with van der Waals surface area (Å²) in [5.74, 6) is 3.09. The lowest BCUT2D eigenvalue weighted by atomic mass is 10.1. The fraction of sp³-hybridized carbons (Fsp3) is 0.333. The quantitative estimate of drug-likeness (QED) is 0.126. The van der Waals surface area contributed by atoms with Gasteiger partial charge in [-0.2, -0.15) is 0 Å². The summed E-state index contributed by atoms with van der Waals surface area (Å²) in [5, 5.41) is 8.76. The minimum atomic E-state index is 0.329. The van der Waals surface area contributed by atoms with Crippen molar-refractivity contribution in [1.29, 1.82) is 0 Å². The molecule has 1 N–H and O–H groups in total. The lowest BCUT2D eigenvalue weighted by Crippen LogP contribution is -2.05. The van der Waals surface area contributed by atoms with E-state index in [0.717, 1.165) is 42.9 Å². The Morgan fingerprint density at radius 3 is 1.04 bits per heavy atom. The number of rotatable bonds is 13. The monoisotopic (exact) mass is 678 g/mol. The van der Waals surface area contributed by atoms with Crippen LogP contribution in [0.25, 0.3) is 0 Å². The van der Waals surface area contributed by atoms with Crippen molar-refractivity contribution in [1.82, 2.24) is 0 Å². The number of methoxy groups -OCH3 is 1. The molecule has 5 aromatic carbocycles. The number of aromatic hydroxyl groups is 1. The van der Waals surface area contributed by atoms with Gasteiger partial charge in [-0.15, -0.1) is 0 Å². The van der Waals surface area contributed by atoms with Gasteiger partial charge in [0.2, 0.25) is 0 Å². The number of phenolic OH excluding ortho intramolecular Hbond substituents is 1. The molecule has 0 aliphatic heterocycles. The molecule has 0 aliphatic carbocycles. The summed E-state index contributed by atoms with van der Waals surface area (Å²) in [4.78, 5) is 0. The Morgan fingerprint density at radius 1 is 0.400 bits per heavy atom. The van der Waals surface area contributed by atoms with Crippen LogP contribution in [0.15, 0.2) is 121 Å². The Morgan fingerprint density at radius 2 is 0.700 bits per heavy atom. The molecule has 0 saturated carbocycles. The molecule has 268 valence electrons. The van der Waals surface area contributed by atoms with E-state index in [9.17, 15) is 0 Å². The van der Waals surface area contributed by atoms with Crippen LogP contribution in [0.1, 0.15) is 60.6 Å². The molecule has 50 heavy (non-hydrogen) atoms. The van der Waals surface area contributed by atoms with Gasteiger partial charge in [-0.3, -0.25) is 0 Å². The fourth-order valence-electron chi connectivity index (χ4n) is 4.33. The first-order valence-corrected chi connectivity index (χ1v) is 17.7. The Bertz CT molecular complexity index is 1510. The Hall–Kier alpha value is -4.74. The van der Waals surface area contributed by atoms with Crippen molar-refractivity contribution in [2.24, 2.45) is 0 Å². The first-order valence-electron chi connectivity index (χ1n) is 17.7. The highest BCUT2D eigenvalue weighted by Crippen LogP contribution is 2.15. The molecule has 0 spiro atoms. The van der Waals surface area contributed by atoms with E-state index in [1.807, 2.05) is 55.5 Å². The molecule has 0 aliphatic rings. The van der Waals surface area contributed by atoms with Crippen LogP contribution in [0, 0.1) is 20.8 Å². The van der Waals surface area contributed by atoms with Gasteiger partial charge >= 0.3 is 0 Å². The van der Waals surface area contributed by atoms with Gasteiger partial charge in [0.15, 0.2) is 0 Å². The van der Waals surface area contributed by atoms with Crippen LogP contribution < -0.4 is 14.2 Å². The highest BCUT2D eigenvalue weighted by atomic mass is 16.5. The minimum Gasteiger partial charge on any atom is -0.508 e. The van der Waals surface area contributed by atoms with E-state index in [1.54, 1.807) is 19.2 Å². The van der Waals surface area contributed by atoms with Crippen molar-refractivity contribution in [3.8, 4) is 23.0 Å². The van der Waals surface area contributed by atoms with Crippen molar-refractivity contribution in [2.75, 3.05) is 33.5 Å². The third-order valence-corrected chi connectivity index (χ3v) is 7.63. The number of hydrogen-bond acceptors (Lipinski definition) is 5. The van der Waals surface area contributed by atoms with Gasteiger partial charge in [-0.1, -0.05) is 110 Å². The van der Waals surface area contributed by atoms with Crippen LogP contribution >= 0.6 is 0 Å². The van der Waals surface area contributed by atoms with Gasteiger partial charge in [-0.25, -0.2) is 0 Å². The number of aryl methyl sites for hydroxylation is 6. The maximum Gasteiger partial charge on any atom is 0.119 e. The molecule has 5 aromatic rings. The van der Waals surface area contributed by atoms with Gasteiger partial charge in [0.05, 0.1) is 19.8 Å². The molecule has 5 rings (SSSR count). The van der Waals surface area contributed by atoms with Crippen LogP contribution in [-0.2, 0) is 24.0 Å². The predicted octanol–water partition coefficient (Wildman–Crippen LogP) is 10.9. The summed E-state index contributed by atoms with van der Waals surface area (Å²) >= 11 is 0.